The van der Waals surface area contributed by atoms with E-state index in [1.165, 1.54) is 12.8 Å². The number of fused-ring (bicyclic) bond motifs is 1. The number of hydrogen-bond acceptors (Lipinski definition) is 5. The lowest BCUT2D eigenvalue weighted by Crippen LogP contribution is -2.06. The summed E-state index contributed by atoms with van der Waals surface area (Å²) < 4.78 is 0. The Morgan fingerprint density at radius 3 is 2.94 bits per heavy atom. The van der Waals surface area contributed by atoms with Crippen LogP contribution in [0, 0.1) is 5.92 Å². The van der Waals surface area contributed by atoms with Gasteiger partial charge in [-0.3, -0.25) is 5.10 Å². The molecule has 2 rings (SSSR count). The summed E-state index contributed by atoms with van der Waals surface area (Å²) in [4.78, 5) is 8.27. The molecule has 0 amide bonds. The molecular weight excluding hydrogens is 228 g/mol. The topological polar surface area (TPSA) is 92.5 Å². The van der Waals surface area contributed by atoms with Crippen molar-refractivity contribution in [2.45, 2.75) is 33.1 Å². The second-order valence-corrected chi connectivity index (χ2v) is 4.88. The first-order valence-electron chi connectivity index (χ1n) is 6.37. The van der Waals surface area contributed by atoms with Gasteiger partial charge in [-0.2, -0.15) is 15.1 Å². The van der Waals surface area contributed by atoms with Crippen LogP contribution in [0.15, 0.2) is 6.20 Å². The summed E-state index contributed by atoms with van der Waals surface area (Å²) >= 11 is 0. The van der Waals surface area contributed by atoms with Gasteiger partial charge in [-0.25, -0.2) is 0 Å². The number of anilines is 2. The fraction of sp³-hybridized carbons (Fsp3) is 0.583. The van der Waals surface area contributed by atoms with Gasteiger partial charge in [0.05, 0.1) is 11.6 Å². The average molecular weight is 248 g/mol. The molecule has 6 nitrogen and oxygen atoms in total. The zero-order valence-electron chi connectivity index (χ0n) is 10.9. The lowest BCUT2D eigenvalue weighted by molar-refractivity contribution is 0.544. The van der Waals surface area contributed by atoms with Crippen molar-refractivity contribution in [2.24, 2.45) is 5.92 Å². The molecule has 0 atom stereocenters. The molecular formula is C12H20N6. The van der Waals surface area contributed by atoms with Gasteiger partial charge in [0.15, 0.2) is 5.65 Å². The van der Waals surface area contributed by atoms with E-state index in [1.54, 1.807) is 6.20 Å². The van der Waals surface area contributed by atoms with Gasteiger partial charge in [-0.1, -0.05) is 26.7 Å². The van der Waals surface area contributed by atoms with Gasteiger partial charge in [0.2, 0.25) is 5.95 Å². The Morgan fingerprint density at radius 1 is 1.33 bits per heavy atom. The third kappa shape index (κ3) is 3.09. The summed E-state index contributed by atoms with van der Waals surface area (Å²) in [6, 6.07) is 0. The van der Waals surface area contributed by atoms with Crippen LogP contribution in [-0.4, -0.2) is 26.7 Å². The Kier molecular flexibility index (Phi) is 3.96. The smallest absolute Gasteiger partial charge is 0.224 e. The van der Waals surface area contributed by atoms with Crippen molar-refractivity contribution in [3.05, 3.63) is 6.20 Å². The minimum atomic E-state index is 0.261. The highest BCUT2D eigenvalue weighted by Crippen LogP contribution is 2.18. The predicted molar refractivity (Wildman–Crippen MR) is 73.3 cm³/mol. The molecule has 0 saturated carbocycles. The molecule has 0 aliphatic rings. The predicted octanol–water partition coefficient (Wildman–Crippen LogP) is 2.17. The fourth-order valence-electron chi connectivity index (χ4n) is 1.87. The maximum Gasteiger partial charge on any atom is 0.224 e. The second-order valence-electron chi connectivity index (χ2n) is 4.88. The highest BCUT2D eigenvalue weighted by molar-refractivity contribution is 5.86. The molecule has 2 heterocycles. The minimum absolute atomic E-state index is 0.261. The fourth-order valence-corrected chi connectivity index (χ4v) is 1.87. The van der Waals surface area contributed by atoms with Crippen molar-refractivity contribution in [1.82, 2.24) is 20.2 Å². The Morgan fingerprint density at radius 2 is 2.17 bits per heavy atom. The lowest BCUT2D eigenvalue weighted by atomic mass is 10.1. The van der Waals surface area contributed by atoms with Gasteiger partial charge in [0.1, 0.15) is 5.82 Å². The molecule has 0 radical (unpaired) electrons. The highest BCUT2D eigenvalue weighted by Gasteiger charge is 2.07. The zero-order valence-corrected chi connectivity index (χ0v) is 10.9. The molecule has 98 valence electrons. The molecule has 0 aliphatic heterocycles. The quantitative estimate of drug-likeness (QED) is 0.681. The number of nitrogen functional groups attached to an aromatic ring is 1. The number of unbranched alkanes of at least 4 members (excludes halogenated alkanes) is 1. The van der Waals surface area contributed by atoms with E-state index in [0.29, 0.717) is 5.65 Å². The van der Waals surface area contributed by atoms with Crippen LogP contribution in [-0.2, 0) is 0 Å². The van der Waals surface area contributed by atoms with E-state index >= 15 is 0 Å². The number of hydrogen-bond donors (Lipinski definition) is 3. The van der Waals surface area contributed by atoms with Crippen LogP contribution in [0.5, 0.6) is 0 Å². The monoisotopic (exact) mass is 248 g/mol. The number of H-pyrrole nitrogens is 1. The number of nitrogens with zero attached hydrogens (tertiary/aromatic N) is 3. The molecule has 2 aromatic heterocycles. The molecule has 4 N–H and O–H groups in total. The van der Waals surface area contributed by atoms with E-state index in [1.807, 2.05) is 0 Å². The van der Waals surface area contributed by atoms with E-state index in [9.17, 15) is 0 Å². The summed E-state index contributed by atoms with van der Waals surface area (Å²) in [6.07, 6.45) is 5.32. The number of nitrogens with two attached hydrogens (primary N) is 1. The maximum absolute atomic E-state index is 5.64. The van der Waals surface area contributed by atoms with Gasteiger partial charge in [-0.15, -0.1) is 0 Å². The van der Waals surface area contributed by atoms with Crippen molar-refractivity contribution in [3.63, 3.8) is 0 Å². The summed E-state index contributed by atoms with van der Waals surface area (Å²) in [7, 11) is 0. The van der Waals surface area contributed by atoms with Gasteiger partial charge in [-0.05, 0) is 12.3 Å². The first-order chi connectivity index (χ1) is 8.66. The first kappa shape index (κ1) is 12.6. The Bertz CT molecular complexity index is 504. The van der Waals surface area contributed by atoms with Crippen LogP contribution in [0.4, 0.5) is 11.8 Å². The third-order valence-electron chi connectivity index (χ3n) is 2.83. The SMILES string of the molecule is CC(C)CCCCNc1nc(N)nc2[nH]ncc12. The van der Waals surface area contributed by atoms with Crippen LogP contribution in [0.2, 0.25) is 0 Å². The third-order valence-corrected chi connectivity index (χ3v) is 2.83. The minimum Gasteiger partial charge on any atom is -0.369 e. The number of rotatable bonds is 6. The molecule has 0 unspecified atom stereocenters. The largest absolute Gasteiger partial charge is 0.369 e. The average Bonchev–Trinajstić information content (AvgIpc) is 2.75. The molecule has 2 aromatic rings. The van der Waals surface area contributed by atoms with Crippen LogP contribution in [0.3, 0.4) is 0 Å². The van der Waals surface area contributed by atoms with Crippen molar-refractivity contribution in [3.8, 4) is 0 Å². The second kappa shape index (κ2) is 5.66. The Labute approximate surface area is 106 Å². The van der Waals surface area contributed by atoms with Crippen molar-refractivity contribution in [2.75, 3.05) is 17.6 Å². The number of aromatic amines is 1. The van der Waals surface area contributed by atoms with Crippen LogP contribution < -0.4 is 11.1 Å². The van der Waals surface area contributed by atoms with E-state index in [-0.39, 0.29) is 5.95 Å². The zero-order chi connectivity index (χ0) is 13.0. The summed E-state index contributed by atoms with van der Waals surface area (Å²) in [5, 5.41) is 10.9. The van der Waals surface area contributed by atoms with Gasteiger partial charge >= 0.3 is 0 Å². The van der Waals surface area contributed by atoms with Gasteiger partial charge in [0, 0.05) is 6.54 Å². The summed E-state index contributed by atoms with van der Waals surface area (Å²) in [6.45, 7) is 5.38. The highest BCUT2D eigenvalue weighted by atomic mass is 15.2. The molecule has 0 saturated heterocycles. The van der Waals surface area contributed by atoms with Crippen LogP contribution >= 0.6 is 0 Å². The van der Waals surface area contributed by atoms with Crippen molar-refractivity contribution >= 4 is 22.8 Å². The van der Waals surface area contributed by atoms with Gasteiger partial charge in [0.25, 0.3) is 0 Å². The summed E-state index contributed by atoms with van der Waals surface area (Å²) in [5.74, 6) is 1.78. The van der Waals surface area contributed by atoms with Crippen LogP contribution in [0.1, 0.15) is 33.1 Å². The normalized spacial score (nSPS) is 11.3. The van der Waals surface area contributed by atoms with E-state index in [4.69, 9.17) is 5.73 Å². The summed E-state index contributed by atoms with van der Waals surface area (Å²) in [5.41, 5.74) is 6.32. The molecule has 0 fully saturated rings. The Balaban J connectivity index is 1.93. The molecule has 0 aliphatic carbocycles. The van der Waals surface area contributed by atoms with Crippen molar-refractivity contribution < 1.29 is 0 Å². The molecule has 18 heavy (non-hydrogen) atoms. The maximum atomic E-state index is 5.64. The Hall–Kier alpha value is -1.85. The standard InChI is InChI=1S/C12H20N6/c1-8(2)5-3-4-6-14-10-9-7-15-18-11(9)17-12(13)16-10/h7-8H,3-6H2,1-2H3,(H4,13,14,15,16,17,18). The number of nitrogens with one attached hydrogen (secondary N) is 2. The van der Waals surface area contributed by atoms with Crippen molar-refractivity contribution in [1.29, 1.82) is 0 Å². The lowest BCUT2D eigenvalue weighted by Gasteiger charge is -2.07. The molecule has 0 aromatic carbocycles. The molecule has 0 spiro atoms. The molecule has 0 bridgehead atoms. The molecule has 6 heteroatoms. The van der Waals surface area contributed by atoms with Gasteiger partial charge < -0.3 is 11.1 Å². The van der Waals surface area contributed by atoms with E-state index < -0.39 is 0 Å². The van der Waals surface area contributed by atoms with Crippen LogP contribution in [0.25, 0.3) is 11.0 Å². The number of aromatic nitrogens is 4. The first-order valence-corrected chi connectivity index (χ1v) is 6.37. The van der Waals surface area contributed by atoms with E-state index in [0.717, 1.165) is 30.1 Å². The van der Waals surface area contributed by atoms with E-state index in [2.05, 4.69) is 39.3 Å².